The monoisotopic (exact) mass is 306 g/mol. The minimum atomic E-state index is -0.440. The largest absolute Gasteiger partial charge is 0.381 e. The first kappa shape index (κ1) is 16.4. The Bertz CT molecular complexity index is 527. The minimum absolute atomic E-state index is 0.00804. The van der Waals surface area contributed by atoms with Gasteiger partial charge in [-0.3, -0.25) is 14.9 Å². The molecule has 1 aromatic carbocycles. The Hall–Kier alpha value is -1.95. The molecule has 22 heavy (non-hydrogen) atoms. The van der Waals surface area contributed by atoms with E-state index in [0.717, 1.165) is 32.5 Å². The molecule has 0 aliphatic carbocycles. The van der Waals surface area contributed by atoms with Crippen molar-refractivity contribution in [2.24, 2.45) is 5.92 Å². The Balaban J connectivity index is 1.87. The molecule has 0 saturated carbocycles. The van der Waals surface area contributed by atoms with Crippen LogP contribution in [-0.2, 0) is 16.0 Å². The van der Waals surface area contributed by atoms with E-state index in [1.165, 1.54) is 6.07 Å². The third-order valence-corrected chi connectivity index (χ3v) is 4.17. The van der Waals surface area contributed by atoms with E-state index < -0.39 is 4.92 Å². The first-order valence-electron chi connectivity index (χ1n) is 7.62. The van der Waals surface area contributed by atoms with Crippen molar-refractivity contribution < 1.29 is 14.5 Å². The van der Waals surface area contributed by atoms with E-state index in [9.17, 15) is 14.9 Å². The van der Waals surface area contributed by atoms with Crippen LogP contribution in [0.5, 0.6) is 0 Å². The summed E-state index contributed by atoms with van der Waals surface area (Å²) in [6.45, 7) is 2.29. The van der Waals surface area contributed by atoms with Gasteiger partial charge in [-0.25, -0.2) is 0 Å². The van der Waals surface area contributed by atoms with Crippen LogP contribution in [0.1, 0.15) is 24.8 Å². The number of carbonyl (C=O) groups excluding carboxylic acids is 1. The summed E-state index contributed by atoms with van der Waals surface area (Å²) >= 11 is 0. The first-order chi connectivity index (χ1) is 10.6. The lowest BCUT2D eigenvalue weighted by Crippen LogP contribution is -2.31. The van der Waals surface area contributed by atoms with E-state index >= 15 is 0 Å². The summed E-state index contributed by atoms with van der Waals surface area (Å²) < 4.78 is 5.32. The topological polar surface area (TPSA) is 72.7 Å². The lowest BCUT2D eigenvalue weighted by atomic mass is 9.96. The average Bonchev–Trinajstić information content (AvgIpc) is 2.53. The molecule has 0 unspecified atom stereocenters. The molecule has 1 aliphatic rings. The van der Waals surface area contributed by atoms with Crippen LogP contribution in [0.2, 0.25) is 0 Å². The van der Waals surface area contributed by atoms with Crippen LogP contribution in [-0.4, -0.2) is 42.5 Å². The number of rotatable bonds is 6. The van der Waals surface area contributed by atoms with Crippen LogP contribution >= 0.6 is 0 Å². The van der Waals surface area contributed by atoms with Crippen LogP contribution in [0.25, 0.3) is 0 Å². The van der Waals surface area contributed by atoms with Crippen molar-refractivity contribution in [3.63, 3.8) is 0 Å². The fraction of sp³-hybridized carbons (Fsp3) is 0.562. The number of likely N-dealkylation sites (N-methyl/N-ethyl adjacent to an activating group) is 1. The molecule has 0 N–H and O–H groups in total. The third-order valence-electron chi connectivity index (χ3n) is 4.17. The molecule has 0 bridgehead atoms. The molecule has 120 valence electrons. The molecule has 1 fully saturated rings. The van der Waals surface area contributed by atoms with Crippen molar-refractivity contribution in [3.8, 4) is 0 Å². The van der Waals surface area contributed by atoms with Crippen molar-refractivity contribution in [3.05, 3.63) is 39.9 Å². The number of nitro benzene ring substituents is 1. The number of hydrogen-bond donors (Lipinski definition) is 0. The fourth-order valence-electron chi connectivity index (χ4n) is 2.67. The van der Waals surface area contributed by atoms with Crippen molar-refractivity contribution in [2.45, 2.75) is 25.7 Å². The van der Waals surface area contributed by atoms with E-state index in [1.807, 2.05) is 0 Å². The first-order valence-corrected chi connectivity index (χ1v) is 7.62. The van der Waals surface area contributed by atoms with Gasteiger partial charge in [-0.15, -0.1) is 0 Å². The summed E-state index contributed by atoms with van der Waals surface area (Å²) in [7, 11) is 1.76. The van der Waals surface area contributed by atoms with Gasteiger partial charge in [-0.2, -0.15) is 0 Å². The van der Waals surface area contributed by atoms with Gasteiger partial charge in [0.2, 0.25) is 5.91 Å². The van der Waals surface area contributed by atoms with Gasteiger partial charge in [0.25, 0.3) is 5.69 Å². The summed E-state index contributed by atoms with van der Waals surface area (Å²) in [6.07, 6.45) is 3.13. The van der Waals surface area contributed by atoms with Gasteiger partial charge in [0, 0.05) is 38.4 Å². The maximum Gasteiger partial charge on any atom is 0.273 e. The van der Waals surface area contributed by atoms with Crippen LogP contribution in [0, 0.1) is 16.0 Å². The van der Waals surface area contributed by atoms with E-state index in [4.69, 9.17) is 4.74 Å². The Morgan fingerprint density at radius 1 is 1.36 bits per heavy atom. The summed E-state index contributed by atoms with van der Waals surface area (Å²) in [5.74, 6) is 0.524. The van der Waals surface area contributed by atoms with Gasteiger partial charge in [0.1, 0.15) is 0 Å². The molecule has 1 aromatic rings. The summed E-state index contributed by atoms with van der Waals surface area (Å²) in [6, 6.07) is 6.41. The molecular formula is C16H22N2O4. The van der Waals surface area contributed by atoms with Gasteiger partial charge in [0.05, 0.1) is 11.3 Å². The molecule has 2 rings (SSSR count). The number of hydrogen-bond acceptors (Lipinski definition) is 4. The van der Waals surface area contributed by atoms with Gasteiger partial charge in [0.15, 0.2) is 0 Å². The van der Waals surface area contributed by atoms with Crippen LogP contribution < -0.4 is 0 Å². The highest BCUT2D eigenvalue weighted by Crippen LogP contribution is 2.20. The van der Waals surface area contributed by atoms with E-state index in [2.05, 4.69) is 0 Å². The van der Waals surface area contributed by atoms with Gasteiger partial charge < -0.3 is 9.64 Å². The Morgan fingerprint density at radius 3 is 2.73 bits per heavy atom. The standard InChI is InChI=1S/C16H22N2O4/c1-17(9-6-13-7-10-22-11-8-13)16(19)12-14-4-2-3-5-15(14)18(20)21/h2-5,13H,6-12H2,1H3. The lowest BCUT2D eigenvalue weighted by molar-refractivity contribution is -0.385. The number of carbonyl (C=O) groups is 1. The SMILES string of the molecule is CN(CCC1CCOCC1)C(=O)Cc1ccccc1[N+](=O)[O-]. The maximum absolute atomic E-state index is 12.2. The minimum Gasteiger partial charge on any atom is -0.381 e. The molecule has 6 nitrogen and oxygen atoms in total. The second kappa shape index (κ2) is 7.89. The zero-order chi connectivity index (χ0) is 15.9. The van der Waals surface area contributed by atoms with E-state index in [0.29, 0.717) is 18.0 Å². The second-order valence-electron chi connectivity index (χ2n) is 5.72. The maximum atomic E-state index is 12.2. The lowest BCUT2D eigenvalue weighted by Gasteiger charge is -2.25. The molecule has 6 heteroatoms. The quantitative estimate of drug-likeness (QED) is 0.597. The summed E-state index contributed by atoms with van der Waals surface area (Å²) in [5, 5.41) is 11.0. The van der Waals surface area contributed by atoms with Crippen LogP contribution in [0.4, 0.5) is 5.69 Å². The van der Waals surface area contributed by atoms with Crippen molar-refractivity contribution in [1.82, 2.24) is 4.90 Å². The van der Waals surface area contributed by atoms with Crippen LogP contribution in [0.15, 0.2) is 24.3 Å². The Kier molecular flexibility index (Phi) is 5.89. The second-order valence-corrected chi connectivity index (χ2v) is 5.72. The summed E-state index contributed by atoms with van der Waals surface area (Å²) in [5.41, 5.74) is 0.476. The van der Waals surface area contributed by atoms with Crippen LogP contribution in [0.3, 0.4) is 0 Å². The Labute approximate surface area is 130 Å². The summed E-state index contributed by atoms with van der Waals surface area (Å²) in [4.78, 5) is 24.4. The number of amides is 1. The molecular weight excluding hydrogens is 284 g/mol. The third kappa shape index (κ3) is 4.53. The Morgan fingerprint density at radius 2 is 2.05 bits per heavy atom. The van der Waals surface area contributed by atoms with E-state index in [-0.39, 0.29) is 18.0 Å². The normalized spacial score (nSPS) is 15.5. The average molecular weight is 306 g/mol. The van der Waals surface area contributed by atoms with E-state index in [1.54, 1.807) is 30.1 Å². The zero-order valence-electron chi connectivity index (χ0n) is 12.9. The number of nitro groups is 1. The smallest absolute Gasteiger partial charge is 0.273 e. The molecule has 1 aliphatic heterocycles. The number of nitrogens with zero attached hydrogens (tertiary/aromatic N) is 2. The zero-order valence-corrected chi connectivity index (χ0v) is 12.9. The molecule has 1 heterocycles. The number of benzene rings is 1. The number of ether oxygens (including phenoxy) is 1. The molecule has 0 radical (unpaired) electrons. The predicted molar refractivity (Wildman–Crippen MR) is 82.6 cm³/mol. The molecule has 1 saturated heterocycles. The molecule has 0 atom stereocenters. The highest BCUT2D eigenvalue weighted by Gasteiger charge is 2.19. The highest BCUT2D eigenvalue weighted by molar-refractivity contribution is 5.79. The molecule has 0 spiro atoms. The van der Waals surface area contributed by atoms with Gasteiger partial charge in [-0.1, -0.05) is 18.2 Å². The van der Waals surface area contributed by atoms with Gasteiger partial charge in [-0.05, 0) is 25.2 Å². The molecule has 0 aromatic heterocycles. The van der Waals surface area contributed by atoms with Gasteiger partial charge >= 0.3 is 0 Å². The van der Waals surface area contributed by atoms with Crippen molar-refractivity contribution >= 4 is 11.6 Å². The highest BCUT2D eigenvalue weighted by atomic mass is 16.6. The van der Waals surface area contributed by atoms with Crippen molar-refractivity contribution in [1.29, 1.82) is 0 Å². The predicted octanol–water partition coefficient (Wildman–Crippen LogP) is 2.41. The molecule has 1 amide bonds. The van der Waals surface area contributed by atoms with Crippen molar-refractivity contribution in [2.75, 3.05) is 26.8 Å². The number of para-hydroxylation sites is 1. The fourth-order valence-corrected chi connectivity index (χ4v) is 2.67.